The average Bonchev–Trinajstić information content (AvgIpc) is 2.06. The fourth-order valence-corrected chi connectivity index (χ4v) is 0.935. The predicted octanol–water partition coefficient (Wildman–Crippen LogP) is 1.40. The molecule has 0 aliphatic heterocycles. The Morgan fingerprint density at radius 3 is 3.00 bits per heavy atom. The van der Waals surface area contributed by atoms with E-state index in [0.717, 1.165) is 12.0 Å². The summed E-state index contributed by atoms with van der Waals surface area (Å²) in [5.41, 5.74) is 1.10. The lowest BCUT2D eigenvalue weighted by Gasteiger charge is -2.05. The number of aliphatic hydroxyl groups excluding tert-OH is 1. The molecule has 1 unspecified atom stereocenters. The van der Waals surface area contributed by atoms with Crippen molar-refractivity contribution in [3.8, 4) is 0 Å². The summed E-state index contributed by atoms with van der Waals surface area (Å²) in [5, 5.41) is 9.28. The molecule has 2 heteroatoms. The van der Waals surface area contributed by atoms with E-state index < -0.39 is 0 Å². The Hall–Kier alpha value is -0.890. The molecule has 0 aliphatic carbocycles. The molecule has 1 atom stereocenters. The van der Waals surface area contributed by atoms with Crippen molar-refractivity contribution in [2.45, 2.75) is 25.9 Å². The van der Waals surface area contributed by atoms with E-state index in [1.165, 1.54) is 0 Å². The summed E-state index contributed by atoms with van der Waals surface area (Å²) in [6.45, 7) is 1.97. The second-order valence-electron chi connectivity index (χ2n) is 2.63. The molecular weight excluding hydrogens is 138 g/mol. The Kier molecular flexibility index (Phi) is 3.05. The molecule has 0 saturated carbocycles. The summed E-state index contributed by atoms with van der Waals surface area (Å²) >= 11 is 0. The molecule has 2 nitrogen and oxygen atoms in total. The van der Waals surface area contributed by atoms with Crippen LogP contribution in [0.25, 0.3) is 0 Å². The first-order valence-electron chi connectivity index (χ1n) is 3.90. The maximum Gasteiger partial charge on any atom is 0.0578 e. The molecule has 1 aromatic rings. The summed E-state index contributed by atoms with van der Waals surface area (Å²) in [6, 6.07) is 3.86. The van der Waals surface area contributed by atoms with Gasteiger partial charge >= 0.3 is 0 Å². The van der Waals surface area contributed by atoms with Crippen molar-refractivity contribution in [1.82, 2.24) is 4.98 Å². The highest BCUT2D eigenvalue weighted by molar-refractivity contribution is 5.09. The van der Waals surface area contributed by atoms with Crippen LogP contribution >= 0.6 is 0 Å². The molecule has 0 bridgehead atoms. The smallest absolute Gasteiger partial charge is 0.0578 e. The number of hydrogen-bond acceptors (Lipinski definition) is 2. The normalized spacial score (nSPS) is 12.9. The van der Waals surface area contributed by atoms with Crippen molar-refractivity contribution >= 4 is 0 Å². The van der Waals surface area contributed by atoms with Gasteiger partial charge in [-0.05, 0) is 24.5 Å². The highest BCUT2D eigenvalue weighted by Gasteiger charge is 2.00. The van der Waals surface area contributed by atoms with Crippen LogP contribution in [-0.4, -0.2) is 16.2 Å². The van der Waals surface area contributed by atoms with Crippen molar-refractivity contribution in [1.29, 1.82) is 0 Å². The largest absolute Gasteiger partial charge is 0.393 e. The highest BCUT2D eigenvalue weighted by Crippen LogP contribution is 2.02. The van der Waals surface area contributed by atoms with Crippen LogP contribution in [0.4, 0.5) is 0 Å². The Morgan fingerprint density at radius 1 is 1.64 bits per heavy atom. The molecule has 1 heterocycles. The van der Waals surface area contributed by atoms with E-state index >= 15 is 0 Å². The predicted molar refractivity (Wildman–Crippen MR) is 44.2 cm³/mol. The lowest BCUT2D eigenvalue weighted by molar-refractivity contribution is 0.170. The van der Waals surface area contributed by atoms with Gasteiger partial charge in [-0.25, -0.2) is 0 Å². The highest BCUT2D eigenvalue weighted by atomic mass is 16.3. The third-order valence-corrected chi connectivity index (χ3v) is 1.67. The topological polar surface area (TPSA) is 33.1 Å². The van der Waals surface area contributed by atoms with Crippen molar-refractivity contribution in [2.75, 3.05) is 0 Å². The second-order valence-corrected chi connectivity index (χ2v) is 2.63. The summed E-state index contributed by atoms with van der Waals surface area (Å²) in [7, 11) is 0. The van der Waals surface area contributed by atoms with E-state index in [9.17, 15) is 5.11 Å². The Bertz CT molecular complexity index is 198. The van der Waals surface area contributed by atoms with Crippen LogP contribution in [-0.2, 0) is 6.42 Å². The van der Waals surface area contributed by atoms with Gasteiger partial charge in [0, 0.05) is 12.4 Å². The molecule has 1 N–H and O–H groups in total. The number of aliphatic hydroxyl groups is 1. The van der Waals surface area contributed by atoms with E-state index in [1.54, 1.807) is 12.4 Å². The van der Waals surface area contributed by atoms with Gasteiger partial charge in [0.15, 0.2) is 0 Å². The second kappa shape index (κ2) is 4.09. The first-order valence-corrected chi connectivity index (χ1v) is 3.90. The van der Waals surface area contributed by atoms with E-state index in [-0.39, 0.29) is 6.10 Å². The first-order chi connectivity index (χ1) is 5.33. The third-order valence-electron chi connectivity index (χ3n) is 1.67. The van der Waals surface area contributed by atoms with Crippen LogP contribution in [0.5, 0.6) is 0 Å². The van der Waals surface area contributed by atoms with Gasteiger partial charge in [-0.15, -0.1) is 0 Å². The van der Waals surface area contributed by atoms with Crippen LogP contribution < -0.4 is 0 Å². The molecule has 0 aromatic carbocycles. The van der Waals surface area contributed by atoms with Crippen LogP contribution in [0, 0.1) is 0 Å². The average molecular weight is 151 g/mol. The first kappa shape index (κ1) is 8.21. The van der Waals surface area contributed by atoms with Crippen molar-refractivity contribution in [3.63, 3.8) is 0 Å². The van der Waals surface area contributed by atoms with Crippen LogP contribution in [0.2, 0.25) is 0 Å². The molecule has 0 aliphatic rings. The van der Waals surface area contributed by atoms with E-state index in [1.807, 2.05) is 19.1 Å². The maximum absolute atomic E-state index is 9.28. The number of aromatic nitrogens is 1. The molecule has 60 valence electrons. The van der Waals surface area contributed by atoms with Gasteiger partial charge in [0.05, 0.1) is 6.10 Å². The molecule has 0 saturated heterocycles. The van der Waals surface area contributed by atoms with Gasteiger partial charge in [-0.1, -0.05) is 13.0 Å². The maximum atomic E-state index is 9.28. The molecule has 0 amide bonds. The summed E-state index contributed by atoms with van der Waals surface area (Å²) in [6.07, 6.45) is 4.82. The zero-order chi connectivity index (χ0) is 8.10. The number of pyridine rings is 1. The van der Waals surface area contributed by atoms with E-state index in [0.29, 0.717) is 6.42 Å². The van der Waals surface area contributed by atoms with E-state index in [4.69, 9.17) is 0 Å². The van der Waals surface area contributed by atoms with E-state index in [2.05, 4.69) is 4.98 Å². The number of rotatable bonds is 3. The van der Waals surface area contributed by atoms with Crippen molar-refractivity contribution < 1.29 is 5.11 Å². The van der Waals surface area contributed by atoms with Gasteiger partial charge in [0.25, 0.3) is 0 Å². The SMILES string of the molecule is CCC(O)Cc1cccnc1. The van der Waals surface area contributed by atoms with Crippen LogP contribution in [0.15, 0.2) is 24.5 Å². The van der Waals surface area contributed by atoms with Gasteiger partial charge in [0.2, 0.25) is 0 Å². The molecular formula is C9H13NO. The summed E-state index contributed by atoms with van der Waals surface area (Å²) in [5.74, 6) is 0. The molecule has 1 rings (SSSR count). The Morgan fingerprint density at radius 2 is 2.45 bits per heavy atom. The molecule has 0 radical (unpaired) electrons. The monoisotopic (exact) mass is 151 g/mol. The van der Waals surface area contributed by atoms with Crippen molar-refractivity contribution in [2.24, 2.45) is 0 Å². The zero-order valence-corrected chi connectivity index (χ0v) is 6.70. The fourth-order valence-electron chi connectivity index (χ4n) is 0.935. The van der Waals surface area contributed by atoms with Gasteiger partial charge in [0.1, 0.15) is 0 Å². The molecule has 1 aromatic heterocycles. The minimum Gasteiger partial charge on any atom is -0.393 e. The Balaban J connectivity index is 2.51. The Labute approximate surface area is 66.9 Å². The van der Waals surface area contributed by atoms with Gasteiger partial charge in [-0.3, -0.25) is 4.98 Å². The lowest BCUT2D eigenvalue weighted by Crippen LogP contribution is -2.08. The third kappa shape index (κ3) is 2.68. The number of nitrogens with zero attached hydrogens (tertiary/aromatic N) is 1. The van der Waals surface area contributed by atoms with Crippen molar-refractivity contribution in [3.05, 3.63) is 30.1 Å². The summed E-state index contributed by atoms with van der Waals surface area (Å²) in [4.78, 5) is 3.96. The molecule has 11 heavy (non-hydrogen) atoms. The number of hydrogen-bond donors (Lipinski definition) is 1. The minimum absolute atomic E-state index is 0.223. The van der Waals surface area contributed by atoms with Crippen LogP contribution in [0.1, 0.15) is 18.9 Å². The van der Waals surface area contributed by atoms with Crippen LogP contribution in [0.3, 0.4) is 0 Å². The molecule has 0 fully saturated rings. The molecule has 0 spiro atoms. The standard InChI is InChI=1S/C9H13NO/c1-2-9(11)6-8-4-3-5-10-7-8/h3-5,7,9,11H,2,6H2,1H3. The summed E-state index contributed by atoms with van der Waals surface area (Å²) < 4.78 is 0. The lowest BCUT2D eigenvalue weighted by atomic mass is 10.1. The fraction of sp³-hybridized carbons (Fsp3) is 0.444. The zero-order valence-electron chi connectivity index (χ0n) is 6.70. The van der Waals surface area contributed by atoms with Gasteiger partial charge < -0.3 is 5.11 Å². The van der Waals surface area contributed by atoms with Gasteiger partial charge in [-0.2, -0.15) is 0 Å². The quantitative estimate of drug-likeness (QED) is 0.708. The minimum atomic E-state index is -0.223.